The molecule has 6 nitrogen and oxygen atoms in total. The molecule has 0 fully saturated rings. The topological polar surface area (TPSA) is 87.7 Å². The number of anilines is 1. The third-order valence-electron chi connectivity index (χ3n) is 2.75. The second kappa shape index (κ2) is 7.58. The highest BCUT2D eigenvalue weighted by Gasteiger charge is 2.21. The summed E-state index contributed by atoms with van der Waals surface area (Å²) < 4.78 is 28.2. The summed E-state index contributed by atoms with van der Waals surface area (Å²) in [7, 11) is 0. The van der Waals surface area contributed by atoms with Crippen molar-refractivity contribution >= 4 is 17.7 Å². The Labute approximate surface area is 126 Å². The third-order valence-corrected chi connectivity index (χ3v) is 2.75. The van der Waals surface area contributed by atoms with Gasteiger partial charge in [-0.1, -0.05) is 0 Å². The number of nitrogens with one attached hydrogen (secondary N) is 2. The minimum absolute atomic E-state index is 0.0113. The van der Waals surface area contributed by atoms with E-state index in [9.17, 15) is 18.4 Å². The quantitative estimate of drug-likeness (QED) is 0.721. The Kier molecular flexibility index (Phi) is 6.09. The van der Waals surface area contributed by atoms with Gasteiger partial charge in [-0.3, -0.25) is 4.79 Å². The van der Waals surface area contributed by atoms with E-state index < -0.39 is 24.2 Å². The lowest BCUT2D eigenvalue weighted by atomic mass is 9.99. The number of carboxylic acids is 1. The molecule has 0 aliphatic heterocycles. The van der Waals surface area contributed by atoms with Crippen molar-refractivity contribution in [3.63, 3.8) is 0 Å². The molecule has 0 aromatic heterocycles. The minimum Gasteiger partial charge on any atom is -0.481 e. The maximum Gasteiger partial charge on any atom is 0.387 e. The molecule has 0 aliphatic rings. The van der Waals surface area contributed by atoms with Crippen molar-refractivity contribution in [2.24, 2.45) is 0 Å². The molecule has 0 spiro atoms. The van der Waals surface area contributed by atoms with Crippen LogP contribution in [-0.2, 0) is 4.79 Å². The summed E-state index contributed by atoms with van der Waals surface area (Å²) in [5, 5.41) is 13.8. The van der Waals surface area contributed by atoms with Crippen molar-refractivity contribution < 1.29 is 28.2 Å². The number of alkyl halides is 2. The van der Waals surface area contributed by atoms with E-state index in [0.717, 1.165) is 0 Å². The zero-order valence-corrected chi connectivity index (χ0v) is 12.2. The fraction of sp³-hybridized carbons (Fsp3) is 0.429. The van der Waals surface area contributed by atoms with Crippen LogP contribution in [0.15, 0.2) is 24.3 Å². The Bertz CT molecular complexity index is 518. The van der Waals surface area contributed by atoms with Crippen molar-refractivity contribution in [3.8, 4) is 5.75 Å². The maximum absolute atomic E-state index is 12.0. The molecule has 0 bridgehead atoms. The SMILES string of the molecule is CC(C)(CCC(=O)O)NC(=O)Nc1ccc(OC(F)F)cc1. The van der Waals surface area contributed by atoms with Crippen molar-refractivity contribution in [2.45, 2.75) is 38.8 Å². The second-order valence-electron chi connectivity index (χ2n) is 5.26. The molecule has 22 heavy (non-hydrogen) atoms. The predicted octanol–water partition coefficient (Wildman–Crippen LogP) is 3.05. The number of hydrogen-bond donors (Lipinski definition) is 3. The Morgan fingerprint density at radius 2 is 1.86 bits per heavy atom. The molecule has 1 rings (SSSR count). The van der Waals surface area contributed by atoms with E-state index in [2.05, 4.69) is 15.4 Å². The van der Waals surface area contributed by atoms with Gasteiger partial charge >= 0.3 is 18.6 Å². The van der Waals surface area contributed by atoms with Crippen LogP contribution >= 0.6 is 0 Å². The molecule has 0 heterocycles. The van der Waals surface area contributed by atoms with Gasteiger partial charge in [0.05, 0.1) is 0 Å². The van der Waals surface area contributed by atoms with E-state index in [0.29, 0.717) is 5.69 Å². The molecule has 1 aromatic rings. The molecule has 0 radical (unpaired) electrons. The van der Waals surface area contributed by atoms with E-state index in [4.69, 9.17) is 5.11 Å². The number of amides is 2. The van der Waals surface area contributed by atoms with Gasteiger partial charge in [0.25, 0.3) is 0 Å². The average Bonchev–Trinajstić information content (AvgIpc) is 2.37. The van der Waals surface area contributed by atoms with E-state index in [1.165, 1.54) is 24.3 Å². The van der Waals surface area contributed by atoms with Crippen LogP contribution in [0.25, 0.3) is 0 Å². The Morgan fingerprint density at radius 3 is 2.36 bits per heavy atom. The van der Waals surface area contributed by atoms with Gasteiger partial charge in [-0.05, 0) is 44.5 Å². The van der Waals surface area contributed by atoms with Crippen molar-refractivity contribution in [1.29, 1.82) is 0 Å². The Morgan fingerprint density at radius 1 is 1.27 bits per heavy atom. The number of ether oxygens (including phenoxy) is 1. The van der Waals surface area contributed by atoms with Crippen LogP contribution in [0.4, 0.5) is 19.3 Å². The highest BCUT2D eigenvalue weighted by molar-refractivity contribution is 5.89. The van der Waals surface area contributed by atoms with Gasteiger partial charge in [0.1, 0.15) is 5.75 Å². The molecule has 0 saturated carbocycles. The first-order valence-corrected chi connectivity index (χ1v) is 6.54. The lowest BCUT2D eigenvalue weighted by molar-refractivity contribution is -0.137. The summed E-state index contributed by atoms with van der Waals surface area (Å²) in [4.78, 5) is 22.4. The number of urea groups is 1. The molecule has 3 N–H and O–H groups in total. The molecule has 0 unspecified atom stereocenters. The van der Waals surface area contributed by atoms with Gasteiger partial charge in [0, 0.05) is 17.6 Å². The highest BCUT2D eigenvalue weighted by atomic mass is 19.3. The highest BCUT2D eigenvalue weighted by Crippen LogP contribution is 2.18. The first-order valence-electron chi connectivity index (χ1n) is 6.54. The van der Waals surface area contributed by atoms with Crippen LogP contribution in [0, 0.1) is 0 Å². The zero-order valence-electron chi connectivity index (χ0n) is 12.2. The van der Waals surface area contributed by atoms with Crippen LogP contribution < -0.4 is 15.4 Å². The summed E-state index contributed by atoms with van der Waals surface area (Å²) in [6.07, 6.45) is 0.212. The minimum atomic E-state index is -2.91. The summed E-state index contributed by atoms with van der Waals surface area (Å²) in [5.41, 5.74) is -0.297. The molecular weight excluding hydrogens is 298 g/mol. The van der Waals surface area contributed by atoms with Crippen LogP contribution in [0.3, 0.4) is 0 Å². The normalized spacial score (nSPS) is 11.1. The summed E-state index contributed by atoms with van der Waals surface area (Å²) in [5.74, 6) is -0.951. The number of carboxylic acid groups (broad SMARTS) is 1. The van der Waals surface area contributed by atoms with E-state index >= 15 is 0 Å². The predicted molar refractivity (Wildman–Crippen MR) is 76.2 cm³/mol. The van der Waals surface area contributed by atoms with Gasteiger partial charge in [0.2, 0.25) is 0 Å². The van der Waals surface area contributed by atoms with Crippen LogP contribution in [0.5, 0.6) is 5.75 Å². The first kappa shape index (κ1) is 17.7. The Balaban J connectivity index is 2.52. The maximum atomic E-state index is 12.0. The van der Waals surface area contributed by atoms with Crippen molar-refractivity contribution in [1.82, 2.24) is 5.32 Å². The summed E-state index contributed by atoms with van der Waals surface area (Å²) in [6.45, 7) is 0.502. The van der Waals surface area contributed by atoms with Gasteiger partial charge in [-0.2, -0.15) is 8.78 Å². The number of benzene rings is 1. The molecular formula is C14H18F2N2O4. The first-order chi connectivity index (χ1) is 10.2. The monoisotopic (exact) mass is 316 g/mol. The molecule has 1 aromatic carbocycles. The van der Waals surface area contributed by atoms with E-state index in [-0.39, 0.29) is 18.6 Å². The number of carbonyl (C=O) groups is 2. The molecule has 0 aliphatic carbocycles. The molecule has 122 valence electrons. The fourth-order valence-corrected chi connectivity index (χ4v) is 1.67. The summed E-state index contributed by atoms with van der Waals surface area (Å²) in [6, 6.07) is 4.93. The number of carbonyl (C=O) groups excluding carboxylic acids is 1. The third kappa shape index (κ3) is 6.87. The number of halogens is 2. The lowest BCUT2D eigenvalue weighted by Gasteiger charge is -2.25. The Hall–Kier alpha value is -2.38. The van der Waals surface area contributed by atoms with Crippen molar-refractivity contribution in [2.75, 3.05) is 5.32 Å². The van der Waals surface area contributed by atoms with E-state index in [1.54, 1.807) is 13.8 Å². The standard InChI is InChI=1S/C14H18F2N2O4/c1-14(2,8-7-11(19)20)18-13(21)17-9-3-5-10(6-4-9)22-12(15)16/h3-6,12H,7-8H2,1-2H3,(H,19,20)(H2,17,18,21). The van der Waals surface area contributed by atoms with Crippen molar-refractivity contribution in [3.05, 3.63) is 24.3 Å². The molecule has 0 saturated heterocycles. The van der Waals surface area contributed by atoms with Gasteiger partial charge in [-0.15, -0.1) is 0 Å². The summed E-state index contributed by atoms with van der Waals surface area (Å²) >= 11 is 0. The fourth-order valence-electron chi connectivity index (χ4n) is 1.67. The van der Waals surface area contributed by atoms with Crippen LogP contribution in [0.2, 0.25) is 0 Å². The second-order valence-corrected chi connectivity index (χ2v) is 5.26. The molecule has 0 atom stereocenters. The smallest absolute Gasteiger partial charge is 0.387 e. The number of aliphatic carboxylic acids is 1. The van der Waals surface area contributed by atoms with Gasteiger partial charge < -0.3 is 20.5 Å². The average molecular weight is 316 g/mol. The number of rotatable bonds is 7. The van der Waals surface area contributed by atoms with Gasteiger partial charge in [-0.25, -0.2) is 4.79 Å². The molecule has 8 heteroatoms. The van der Waals surface area contributed by atoms with E-state index in [1.807, 2.05) is 0 Å². The van der Waals surface area contributed by atoms with Crippen LogP contribution in [-0.4, -0.2) is 29.3 Å². The number of hydrogen-bond acceptors (Lipinski definition) is 3. The van der Waals surface area contributed by atoms with Gasteiger partial charge in [0.15, 0.2) is 0 Å². The largest absolute Gasteiger partial charge is 0.481 e. The zero-order chi connectivity index (χ0) is 16.8. The van der Waals surface area contributed by atoms with Crippen LogP contribution in [0.1, 0.15) is 26.7 Å². The lowest BCUT2D eigenvalue weighted by Crippen LogP contribution is -2.45. The molecule has 2 amide bonds.